The number of ether oxygens (including phenoxy) is 2. The van der Waals surface area contributed by atoms with Gasteiger partial charge in [0.2, 0.25) is 0 Å². The average Bonchev–Trinajstić information content (AvgIpc) is 2.35. The van der Waals surface area contributed by atoms with Crippen LogP contribution in [0.3, 0.4) is 0 Å². The molecule has 17 heavy (non-hydrogen) atoms. The molecule has 0 fully saturated rings. The molecule has 1 atom stereocenters. The summed E-state index contributed by atoms with van der Waals surface area (Å²) in [6.07, 6.45) is -1.57. The van der Waals surface area contributed by atoms with Gasteiger partial charge in [0.1, 0.15) is 11.9 Å². The first-order valence-electron chi connectivity index (χ1n) is 4.76. The van der Waals surface area contributed by atoms with Crippen LogP contribution in [0.5, 0.6) is 5.75 Å². The lowest BCUT2D eigenvalue weighted by atomic mass is 10.3. The van der Waals surface area contributed by atoms with Gasteiger partial charge in [-0.2, -0.15) is 0 Å². The average molecular weight is 256 g/mol. The maximum atomic E-state index is 11.3. The van der Waals surface area contributed by atoms with Crippen molar-refractivity contribution in [1.29, 1.82) is 0 Å². The Kier molecular flexibility index (Phi) is 5.71. The highest BCUT2D eigenvalue weighted by molar-refractivity contribution is 6.18. The van der Waals surface area contributed by atoms with Crippen LogP contribution in [0.25, 0.3) is 10.4 Å². The summed E-state index contributed by atoms with van der Waals surface area (Å²) in [6, 6.07) is 8.47. The molecule has 90 valence electrons. The van der Waals surface area contributed by atoms with Crippen LogP contribution in [-0.2, 0) is 4.74 Å². The molecule has 0 aliphatic rings. The smallest absolute Gasteiger partial charge is 0.429 e. The molecular formula is C10H10ClN3O3. The van der Waals surface area contributed by atoms with Crippen molar-refractivity contribution >= 4 is 17.8 Å². The number of nitrogens with zero attached hydrogens (tertiary/aromatic N) is 3. The predicted octanol–water partition coefficient (Wildman–Crippen LogP) is 3.12. The molecule has 7 heteroatoms. The fraction of sp³-hybridized carbons (Fsp3) is 0.300. The molecule has 0 spiro atoms. The third-order valence-electron chi connectivity index (χ3n) is 1.73. The Labute approximate surface area is 103 Å². The van der Waals surface area contributed by atoms with Gasteiger partial charge in [0, 0.05) is 4.91 Å². The Morgan fingerprint density at radius 1 is 1.47 bits per heavy atom. The Hall–Kier alpha value is -1.91. The molecule has 0 bridgehead atoms. The second-order valence-electron chi connectivity index (χ2n) is 2.97. The standard InChI is InChI=1S/C10H10ClN3O3/c11-6-9(7-13-14-12)17-10(15)16-8-4-2-1-3-5-8/h1-5,9H,6-7H2/t9-/m1/s1. The largest absolute Gasteiger partial charge is 0.514 e. The lowest BCUT2D eigenvalue weighted by Crippen LogP contribution is -2.24. The van der Waals surface area contributed by atoms with Crippen LogP contribution >= 0.6 is 11.6 Å². The summed E-state index contributed by atoms with van der Waals surface area (Å²) in [5, 5.41) is 3.27. The zero-order valence-corrected chi connectivity index (χ0v) is 9.58. The number of carbonyl (C=O) groups excluding carboxylic acids is 1. The van der Waals surface area contributed by atoms with E-state index in [4.69, 9.17) is 26.6 Å². The zero-order chi connectivity index (χ0) is 12.5. The Bertz CT molecular complexity index is 407. The van der Waals surface area contributed by atoms with Crippen molar-refractivity contribution in [1.82, 2.24) is 0 Å². The first kappa shape index (κ1) is 13.2. The second-order valence-corrected chi connectivity index (χ2v) is 3.28. The minimum atomic E-state index is -0.880. The van der Waals surface area contributed by atoms with Crippen LogP contribution in [-0.4, -0.2) is 24.7 Å². The van der Waals surface area contributed by atoms with Crippen molar-refractivity contribution < 1.29 is 14.3 Å². The second kappa shape index (κ2) is 7.38. The van der Waals surface area contributed by atoms with Crippen molar-refractivity contribution in [3.8, 4) is 5.75 Å². The third-order valence-corrected chi connectivity index (χ3v) is 2.07. The van der Waals surface area contributed by atoms with Crippen LogP contribution in [0.2, 0.25) is 0 Å². The van der Waals surface area contributed by atoms with Crippen molar-refractivity contribution in [3.63, 3.8) is 0 Å². The molecule has 1 aromatic carbocycles. The third kappa shape index (κ3) is 5.10. The highest BCUT2D eigenvalue weighted by Crippen LogP contribution is 2.10. The summed E-state index contributed by atoms with van der Waals surface area (Å²) in [7, 11) is 0. The van der Waals surface area contributed by atoms with Crippen molar-refractivity contribution in [2.24, 2.45) is 5.11 Å². The number of hydrogen-bond acceptors (Lipinski definition) is 4. The highest BCUT2D eigenvalue weighted by atomic mass is 35.5. The SMILES string of the molecule is [N-]=[N+]=NC[C@@H](CCl)OC(=O)Oc1ccccc1. The molecule has 0 amide bonds. The van der Waals surface area contributed by atoms with Gasteiger partial charge >= 0.3 is 6.16 Å². The van der Waals surface area contributed by atoms with E-state index in [9.17, 15) is 4.79 Å². The van der Waals surface area contributed by atoms with Crippen molar-refractivity contribution in [2.45, 2.75) is 6.10 Å². The fourth-order valence-corrected chi connectivity index (χ4v) is 1.15. The molecule has 0 aliphatic carbocycles. The summed E-state index contributed by atoms with van der Waals surface area (Å²) in [6.45, 7) is -0.0239. The summed E-state index contributed by atoms with van der Waals surface area (Å²) in [5.41, 5.74) is 8.12. The molecule has 0 radical (unpaired) electrons. The minimum Gasteiger partial charge on any atom is -0.429 e. The summed E-state index contributed by atoms with van der Waals surface area (Å²) in [5.74, 6) is 0.401. The van der Waals surface area contributed by atoms with Crippen LogP contribution in [0, 0.1) is 0 Å². The first-order chi connectivity index (χ1) is 8.26. The Balaban J connectivity index is 2.45. The van der Waals surface area contributed by atoms with Crippen molar-refractivity contribution in [2.75, 3.05) is 12.4 Å². The highest BCUT2D eigenvalue weighted by Gasteiger charge is 2.14. The van der Waals surface area contributed by atoms with Gasteiger partial charge in [-0.25, -0.2) is 4.79 Å². The topological polar surface area (TPSA) is 84.3 Å². The lowest BCUT2D eigenvalue weighted by molar-refractivity contribution is 0.0703. The van der Waals surface area contributed by atoms with Gasteiger partial charge in [-0.05, 0) is 17.7 Å². The number of para-hydroxylation sites is 1. The van der Waals surface area contributed by atoms with Crippen LogP contribution in [0.1, 0.15) is 0 Å². The zero-order valence-electron chi connectivity index (χ0n) is 8.82. The van der Waals surface area contributed by atoms with Gasteiger partial charge in [-0.15, -0.1) is 11.6 Å². The molecule has 0 saturated carbocycles. The Morgan fingerprint density at radius 3 is 2.76 bits per heavy atom. The van der Waals surface area contributed by atoms with E-state index < -0.39 is 12.3 Å². The monoisotopic (exact) mass is 255 g/mol. The maximum Gasteiger partial charge on any atom is 0.514 e. The molecule has 6 nitrogen and oxygen atoms in total. The molecular weight excluding hydrogens is 246 g/mol. The Morgan fingerprint density at radius 2 is 2.18 bits per heavy atom. The number of rotatable bonds is 5. The van der Waals surface area contributed by atoms with Crippen LogP contribution in [0.15, 0.2) is 35.4 Å². The predicted molar refractivity (Wildman–Crippen MR) is 62.1 cm³/mol. The quantitative estimate of drug-likeness (QED) is 0.202. The number of azide groups is 1. The van der Waals surface area contributed by atoms with E-state index in [1.54, 1.807) is 30.3 Å². The van der Waals surface area contributed by atoms with E-state index in [0.717, 1.165) is 0 Å². The van der Waals surface area contributed by atoms with E-state index in [1.165, 1.54) is 0 Å². The number of carbonyl (C=O) groups is 1. The van der Waals surface area contributed by atoms with Crippen LogP contribution < -0.4 is 4.74 Å². The number of halogens is 1. The summed E-state index contributed by atoms with van der Waals surface area (Å²) < 4.78 is 9.72. The molecule has 0 heterocycles. The molecule has 1 rings (SSSR count). The maximum absolute atomic E-state index is 11.3. The van der Waals surface area contributed by atoms with Gasteiger partial charge in [0.05, 0.1) is 12.4 Å². The molecule has 1 aromatic rings. The molecule has 0 aliphatic heterocycles. The molecule has 0 saturated heterocycles. The van der Waals surface area contributed by atoms with Gasteiger partial charge in [0.25, 0.3) is 0 Å². The molecule has 0 N–H and O–H groups in total. The number of hydrogen-bond donors (Lipinski definition) is 0. The number of alkyl halides is 1. The summed E-state index contributed by atoms with van der Waals surface area (Å²) in [4.78, 5) is 13.9. The van der Waals surface area contributed by atoms with E-state index in [-0.39, 0.29) is 12.4 Å². The summed E-state index contributed by atoms with van der Waals surface area (Å²) >= 11 is 5.53. The van der Waals surface area contributed by atoms with Gasteiger partial charge in [0.15, 0.2) is 0 Å². The van der Waals surface area contributed by atoms with E-state index in [2.05, 4.69) is 10.0 Å². The molecule has 0 unspecified atom stereocenters. The van der Waals surface area contributed by atoms with Crippen LogP contribution in [0.4, 0.5) is 4.79 Å². The van der Waals surface area contributed by atoms with Gasteiger partial charge in [-0.3, -0.25) is 0 Å². The molecule has 0 aromatic heterocycles. The first-order valence-corrected chi connectivity index (χ1v) is 5.30. The van der Waals surface area contributed by atoms with Gasteiger partial charge in [-0.1, -0.05) is 23.3 Å². The van der Waals surface area contributed by atoms with Crippen molar-refractivity contribution in [3.05, 3.63) is 40.8 Å². The van der Waals surface area contributed by atoms with Gasteiger partial charge < -0.3 is 9.47 Å². The lowest BCUT2D eigenvalue weighted by Gasteiger charge is -2.12. The number of benzene rings is 1. The normalized spacial score (nSPS) is 11.1. The van der Waals surface area contributed by atoms with E-state index in [0.29, 0.717) is 5.75 Å². The fourth-order valence-electron chi connectivity index (χ4n) is 0.990. The van der Waals surface area contributed by atoms with E-state index >= 15 is 0 Å². The van der Waals surface area contributed by atoms with E-state index in [1.807, 2.05) is 0 Å². The minimum absolute atomic E-state index is 0.0239.